The van der Waals surface area contributed by atoms with Gasteiger partial charge in [-0.2, -0.15) is 0 Å². The first-order valence-electron chi connectivity index (χ1n) is 19.0. The van der Waals surface area contributed by atoms with Gasteiger partial charge in [0.05, 0.1) is 13.2 Å². The van der Waals surface area contributed by atoms with Crippen molar-refractivity contribution in [3.05, 3.63) is 0 Å². The highest BCUT2D eigenvalue weighted by Gasteiger charge is 2.25. The van der Waals surface area contributed by atoms with Gasteiger partial charge < -0.3 is 20.1 Å². The summed E-state index contributed by atoms with van der Waals surface area (Å²) in [7, 11) is -4.36. The molecule has 0 aliphatic carbocycles. The van der Waals surface area contributed by atoms with Gasteiger partial charge in [-0.05, 0) is 12.8 Å². The minimum Gasteiger partial charge on any atom is -0.462 e. The second kappa shape index (κ2) is 33.9. The highest BCUT2D eigenvalue weighted by atomic mass is 31.2. The first-order valence-corrected chi connectivity index (χ1v) is 20.5. The number of rotatable bonds is 36. The molecule has 3 N–H and O–H groups in total. The van der Waals surface area contributed by atoms with Crippen molar-refractivity contribution in [2.75, 3.05) is 26.4 Å². The number of hydrogen-bond acceptors (Lipinski definition) is 8. The van der Waals surface area contributed by atoms with Gasteiger partial charge in [0.25, 0.3) is 0 Å². The molecule has 0 aromatic heterocycles. The third-order valence-electron chi connectivity index (χ3n) is 8.24. The number of carbonyl (C=O) groups is 2. The Morgan fingerprint density at radius 3 is 1.33 bits per heavy atom. The summed E-state index contributed by atoms with van der Waals surface area (Å²) in [6, 6.07) is 0. The molecule has 0 aliphatic heterocycles. The normalized spacial score (nSPS) is 13.4. The third kappa shape index (κ3) is 32.9. The van der Waals surface area contributed by atoms with Crippen molar-refractivity contribution in [2.45, 2.75) is 193 Å². The molecule has 0 aromatic carbocycles. The van der Waals surface area contributed by atoms with E-state index in [4.69, 9.17) is 24.3 Å². The molecule has 0 aromatic rings. The van der Waals surface area contributed by atoms with Gasteiger partial charge in [0.1, 0.15) is 6.61 Å². The van der Waals surface area contributed by atoms with Crippen LogP contribution in [0.4, 0.5) is 0 Å². The molecule has 10 heteroatoms. The van der Waals surface area contributed by atoms with Gasteiger partial charge >= 0.3 is 19.8 Å². The van der Waals surface area contributed by atoms with Gasteiger partial charge in [0, 0.05) is 19.4 Å². The van der Waals surface area contributed by atoms with E-state index in [2.05, 4.69) is 13.8 Å². The molecule has 9 nitrogen and oxygen atoms in total. The topological polar surface area (TPSA) is 134 Å². The molecule has 1 unspecified atom stereocenters. The van der Waals surface area contributed by atoms with E-state index in [-0.39, 0.29) is 38.6 Å². The summed E-state index contributed by atoms with van der Waals surface area (Å²) in [5, 5.41) is 0. The summed E-state index contributed by atoms with van der Waals surface area (Å²) in [6.45, 7) is 3.72. The number of unbranched alkanes of at least 4 members (excludes halogenated alkanes) is 23. The van der Waals surface area contributed by atoms with Crippen LogP contribution in [0.5, 0.6) is 0 Å². The fourth-order valence-electron chi connectivity index (χ4n) is 5.40. The van der Waals surface area contributed by atoms with E-state index in [9.17, 15) is 19.0 Å². The monoisotopic (exact) mass is 677 g/mol. The van der Waals surface area contributed by atoms with E-state index in [1.807, 2.05) is 0 Å². The van der Waals surface area contributed by atoms with Crippen molar-refractivity contribution in [3.8, 4) is 0 Å². The van der Waals surface area contributed by atoms with Crippen LogP contribution in [0.3, 0.4) is 0 Å². The minimum absolute atomic E-state index is 0.0576. The van der Waals surface area contributed by atoms with Crippen LogP contribution in [0.2, 0.25) is 0 Å². The predicted octanol–water partition coefficient (Wildman–Crippen LogP) is 10.1. The Morgan fingerprint density at radius 2 is 0.935 bits per heavy atom. The van der Waals surface area contributed by atoms with Crippen molar-refractivity contribution < 1.29 is 37.6 Å². The van der Waals surface area contributed by atoms with E-state index in [0.29, 0.717) is 6.42 Å². The first kappa shape index (κ1) is 45.0. The average Bonchev–Trinajstić information content (AvgIpc) is 3.04. The van der Waals surface area contributed by atoms with Gasteiger partial charge in [0.15, 0.2) is 6.10 Å². The smallest absolute Gasteiger partial charge is 0.462 e. The predicted molar refractivity (Wildman–Crippen MR) is 188 cm³/mol. The number of carbonyl (C=O) groups excluding carboxylic acids is 2. The lowest BCUT2D eigenvalue weighted by Crippen LogP contribution is -2.29. The quantitative estimate of drug-likeness (QED) is 0.0377. The summed E-state index contributed by atoms with van der Waals surface area (Å²) in [5.41, 5.74) is 5.32. The van der Waals surface area contributed by atoms with Gasteiger partial charge in [0.2, 0.25) is 0 Å². The lowest BCUT2D eigenvalue weighted by atomic mass is 10.0. The van der Waals surface area contributed by atoms with Crippen LogP contribution in [0, 0.1) is 0 Å². The molecule has 0 fully saturated rings. The second-order valence-corrected chi connectivity index (χ2v) is 14.3. The fraction of sp³-hybridized carbons (Fsp3) is 0.944. The number of esters is 2. The molecule has 0 rings (SSSR count). The van der Waals surface area contributed by atoms with E-state index in [1.54, 1.807) is 0 Å². The van der Waals surface area contributed by atoms with Crippen molar-refractivity contribution >= 4 is 19.8 Å². The maximum absolute atomic E-state index is 12.5. The Morgan fingerprint density at radius 1 is 0.565 bits per heavy atom. The summed E-state index contributed by atoms with van der Waals surface area (Å²) < 4.78 is 32.6. The van der Waals surface area contributed by atoms with Crippen LogP contribution in [0.1, 0.15) is 187 Å². The highest BCUT2D eigenvalue weighted by Crippen LogP contribution is 2.43. The van der Waals surface area contributed by atoms with E-state index >= 15 is 0 Å². The molecule has 0 saturated carbocycles. The highest BCUT2D eigenvalue weighted by molar-refractivity contribution is 7.47. The lowest BCUT2D eigenvalue weighted by Gasteiger charge is -2.19. The summed E-state index contributed by atoms with van der Waals surface area (Å²) in [6.07, 6.45) is 29.9. The molecule has 0 aliphatic rings. The Bertz CT molecular complexity index is 739. The van der Waals surface area contributed by atoms with Crippen LogP contribution in [0.25, 0.3) is 0 Å². The second-order valence-electron chi connectivity index (χ2n) is 12.8. The zero-order valence-corrected chi connectivity index (χ0v) is 30.7. The molecule has 0 amide bonds. The van der Waals surface area contributed by atoms with Crippen LogP contribution in [-0.2, 0) is 32.7 Å². The number of ether oxygens (including phenoxy) is 2. The fourth-order valence-corrected chi connectivity index (χ4v) is 6.16. The van der Waals surface area contributed by atoms with E-state index in [0.717, 1.165) is 32.1 Å². The zero-order valence-electron chi connectivity index (χ0n) is 29.8. The van der Waals surface area contributed by atoms with Gasteiger partial charge in [-0.15, -0.1) is 0 Å². The SMILES string of the molecule is CCCCCCCCCCCCCCCCCCC(=O)O[C@H](COC(=O)CCCCCCCCCCC)COP(=O)(O)OCCN. The van der Waals surface area contributed by atoms with Crippen LogP contribution >= 0.6 is 7.82 Å². The molecule has 0 saturated heterocycles. The average molecular weight is 678 g/mol. The largest absolute Gasteiger partial charge is 0.472 e. The van der Waals surface area contributed by atoms with Crippen molar-refractivity contribution in [1.29, 1.82) is 0 Å². The number of phosphoric ester groups is 1. The lowest BCUT2D eigenvalue weighted by molar-refractivity contribution is -0.161. The molecule has 0 radical (unpaired) electrons. The molecule has 0 bridgehead atoms. The van der Waals surface area contributed by atoms with Crippen LogP contribution in [-0.4, -0.2) is 49.3 Å². The Labute approximate surface area is 282 Å². The van der Waals surface area contributed by atoms with Crippen molar-refractivity contribution in [3.63, 3.8) is 0 Å². The van der Waals surface area contributed by atoms with Gasteiger partial charge in [-0.25, -0.2) is 4.57 Å². The minimum atomic E-state index is -4.36. The van der Waals surface area contributed by atoms with Crippen molar-refractivity contribution in [2.24, 2.45) is 5.73 Å². The third-order valence-corrected chi connectivity index (χ3v) is 9.23. The number of hydrogen-bond donors (Lipinski definition) is 2. The molecular weight excluding hydrogens is 605 g/mol. The Balaban J connectivity index is 4.15. The first-order chi connectivity index (χ1) is 22.3. The Kier molecular flexibility index (Phi) is 33.2. The maximum Gasteiger partial charge on any atom is 0.472 e. The summed E-state index contributed by atoms with van der Waals surface area (Å²) in [4.78, 5) is 34.6. The Hall–Kier alpha value is -0.990. The molecular formula is C36H72NO8P. The van der Waals surface area contributed by atoms with E-state index in [1.165, 1.54) is 122 Å². The molecule has 0 heterocycles. The molecule has 46 heavy (non-hydrogen) atoms. The number of nitrogens with two attached hydrogens (primary N) is 1. The zero-order chi connectivity index (χ0) is 34.0. The van der Waals surface area contributed by atoms with Crippen LogP contribution in [0.15, 0.2) is 0 Å². The molecule has 274 valence electrons. The van der Waals surface area contributed by atoms with E-state index < -0.39 is 26.5 Å². The molecule has 0 spiro atoms. The summed E-state index contributed by atoms with van der Waals surface area (Å²) >= 11 is 0. The van der Waals surface area contributed by atoms with Gasteiger partial charge in [-0.1, -0.05) is 162 Å². The standard InChI is InChI=1S/C36H72NO8P/c1-3-5-7-9-11-13-14-15-16-17-18-19-21-23-25-27-29-36(39)45-34(33-44-46(40,41)43-31-30-37)32-42-35(38)28-26-24-22-20-12-10-8-6-4-2/h34H,3-33,37H2,1-2H3,(H,40,41)/t34-/m1/s1. The van der Waals surface area contributed by atoms with Crippen molar-refractivity contribution in [1.82, 2.24) is 0 Å². The summed E-state index contributed by atoms with van der Waals surface area (Å²) in [5.74, 6) is -0.821. The number of phosphoric acid groups is 1. The maximum atomic E-state index is 12.5. The molecule has 2 atom stereocenters. The van der Waals surface area contributed by atoms with Gasteiger partial charge in [-0.3, -0.25) is 18.6 Å². The van der Waals surface area contributed by atoms with Crippen LogP contribution < -0.4 is 5.73 Å².